The van der Waals surface area contributed by atoms with E-state index in [1.807, 2.05) is 25.7 Å². The van der Waals surface area contributed by atoms with E-state index in [1.165, 1.54) is 0 Å². The summed E-state index contributed by atoms with van der Waals surface area (Å²) in [5, 5.41) is 3.12. The van der Waals surface area contributed by atoms with Crippen LogP contribution < -0.4 is 5.32 Å². The van der Waals surface area contributed by atoms with Crippen LogP contribution in [0.4, 0.5) is 5.82 Å². The number of nitrogens with zero attached hydrogens (tertiary/aromatic N) is 2. The average molecular weight is 263 g/mol. The lowest BCUT2D eigenvalue weighted by Gasteiger charge is -2.42. The van der Waals surface area contributed by atoms with Crippen LogP contribution in [0.15, 0.2) is 18.3 Å². The first-order valence-corrected chi connectivity index (χ1v) is 6.64. The zero-order valence-corrected chi connectivity index (χ0v) is 11.8. The summed E-state index contributed by atoms with van der Waals surface area (Å²) in [5.41, 5.74) is 0.401. The van der Waals surface area contributed by atoms with Gasteiger partial charge < -0.3 is 15.0 Å². The topological polar surface area (TPSA) is 54.5 Å². The van der Waals surface area contributed by atoms with E-state index < -0.39 is 0 Å². The molecule has 104 valence electrons. The molecule has 1 N–H and O–H groups in total. The van der Waals surface area contributed by atoms with Gasteiger partial charge in [0.05, 0.1) is 18.8 Å². The van der Waals surface area contributed by atoms with Crippen molar-refractivity contribution in [3.63, 3.8) is 0 Å². The number of pyridine rings is 1. The van der Waals surface area contributed by atoms with Crippen molar-refractivity contribution in [2.45, 2.75) is 26.3 Å². The highest BCUT2D eigenvalue weighted by molar-refractivity contribution is 5.95. The SMILES string of the molecule is CCNc1cc(C(=O)N2CCOCC2(C)C)ccn1. The summed E-state index contributed by atoms with van der Waals surface area (Å²) in [4.78, 5) is 18.6. The molecule has 0 bridgehead atoms. The molecule has 5 heteroatoms. The minimum absolute atomic E-state index is 0.0369. The lowest BCUT2D eigenvalue weighted by Crippen LogP contribution is -2.55. The minimum Gasteiger partial charge on any atom is -0.377 e. The molecule has 0 spiro atoms. The molecule has 0 unspecified atom stereocenters. The van der Waals surface area contributed by atoms with Gasteiger partial charge in [-0.25, -0.2) is 4.98 Å². The number of hydrogen-bond acceptors (Lipinski definition) is 4. The molecule has 1 saturated heterocycles. The number of ether oxygens (including phenoxy) is 1. The Morgan fingerprint density at radius 3 is 3.05 bits per heavy atom. The molecule has 0 atom stereocenters. The molecule has 19 heavy (non-hydrogen) atoms. The van der Waals surface area contributed by atoms with Gasteiger partial charge in [-0.15, -0.1) is 0 Å². The van der Waals surface area contributed by atoms with Crippen molar-refractivity contribution in [1.82, 2.24) is 9.88 Å². The van der Waals surface area contributed by atoms with Gasteiger partial charge in [0, 0.05) is 24.8 Å². The van der Waals surface area contributed by atoms with E-state index in [9.17, 15) is 4.79 Å². The number of amides is 1. The average Bonchev–Trinajstić information content (AvgIpc) is 2.38. The molecule has 0 aliphatic carbocycles. The number of morpholine rings is 1. The summed E-state index contributed by atoms with van der Waals surface area (Å²) in [5.74, 6) is 0.772. The fraction of sp³-hybridized carbons (Fsp3) is 0.571. The highest BCUT2D eigenvalue weighted by Gasteiger charge is 2.34. The molecule has 0 aromatic carbocycles. The van der Waals surface area contributed by atoms with Crippen molar-refractivity contribution in [2.24, 2.45) is 0 Å². The molecular weight excluding hydrogens is 242 g/mol. The number of carbonyl (C=O) groups excluding carboxylic acids is 1. The van der Waals surface area contributed by atoms with Crippen LogP contribution in [0.3, 0.4) is 0 Å². The molecular formula is C14H21N3O2. The summed E-state index contributed by atoms with van der Waals surface area (Å²) in [6.45, 7) is 8.64. The Bertz CT molecular complexity index is 460. The third kappa shape index (κ3) is 3.04. The van der Waals surface area contributed by atoms with Gasteiger partial charge in [0.15, 0.2) is 0 Å². The molecule has 1 aromatic rings. The van der Waals surface area contributed by atoms with Gasteiger partial charge >= 0.3 is 0 Å². The van der Waals surface area contributed by atoms with Crippen molar-refractivity contribution in [2.75, 3.05) is 31.6 Å². The van der Waals surface area contributed by atoms with E-state index in [-0.39, 0.29) is 11.4 Å². The highest BCUT2D eigenvalue weighted by atomic mass is 16.5. The standard InChI is InChI=1S/C14H21N3O2/c1-4-15-12-9-11(5-6-16-12)13(18)17-7-8-19-10-14(17,2)3/h5-6,9H,4,7-8,10H2,1-3H3,(H,15,16). The normalized spacial score (nSPS) is 18.2. The van der Waals surface area contributed by atoms with Gasteiger partial charge in [0.2, 0.25) is 0 Å². The van der Waals surface area contributed by atoms with Gasteiger partial charge in [-0.3, -0.25) is 4.79 Å². The van der Waals surface area contributed by atoms with Crippen molar-refractivity contribution >= 4 is 11.7 Å². The van der Waals surface area contributed by atoms with E-state index in [0.29, 0.717) is 25.3 Å². The Balaban J connectivity index is 2.20. The number of hydrogen-bond donors (Lipinski definition) is 1. The predicted molar refractivity (Wildman–Crippen MR) is 74.3 cm³/mol. The van der Waals surface area contributed by atoms with E-state index in [2.05, 4.69) is 10.3 Å². The second-order valence-electron chi connectivity index (χ2n) is 5.28. The molecule has 1 fully saturated rings. The molecule has 0 saturated carbocycles. The van der Waals surface area contributed by atoms with Crippen LogP contribution in [0.1, 0.15) is 31.1 Å². The first-order valence-electron chi connectivity index (χ1n) is 6.64. The van der Waals surface area contributed by atoms with E-state index >= 15 is 0 Å². The van der Waals surface area contributed by atoms with Crippen molar-refractivity contribution in [3.8, 4) is 0 Å². The third-order valence-corrected chi connectivity index (χ3v) is 3.26. The number of carbonyl (C=O) groups is 1. The first kappa shape index (κ1) is 13.8. The highest BCUT2D eigenvalue weighted by Crippen LogP contribution is 2.22. The number of aromatic nitrogens is 1. The van der Waals surface area contributed by atoms with Gasteiger partial charge in [-0.05, 0) is 32.9 Å². The summed E-state index contributed by atoms with van der Waals surface area (Å²) in [6, 6.07) is 3.56. The van der Waals surface area contributed by atoms with Crippen molar-refractivity contribution in [3.05, 3.63) is 23.9 Å². The molecule has 5 nitrogen and oxygen atoms in total. The Labute approximate surface area is 114 Å². The lowest BCUT2D eigenvalue weighted by atomic mass is 10.0. The number of nitrogens with one attached hydrogen (secondary N) is 1. The van der Waals surface area contributed by atoms with Gasteiger partial charge in [-0.2, -0.15) is 0 Å². The lowest BCUT2D eigenvalue weighted by molar-refractivity contribution is -0.0370. The third-order valence-electron chi connectivity index (χ3n) is 3.26. The summed E-state index contributed by atoms with van der Waals surface area (Å²) < 4.78 is 5.44. The maximum Gasteiger partial charge on any atom is 0.254 e. The fourth-order valence-electron chi connectivity index (χ4n) is 2.23. The Hall–Kier alpha value is -1.62. The summed E-state index contributed by atoms with van der Waals surface area (Å²) in [7, 11) is 0. The summed E-state index contributed by atoms with van der Waals surface area (Å²) in [6.07, 6.45) is 1.67. The second kappa shape index (κ2) is 5.57. The van der Waals surface area contributed by atoms with Gasteiger partial charge in [0.25, 0.3) is 5.91 Å². The van der Waals surface area contributed by atoms with Crippen molar-refractivity contribution < 1.29 is 9.53 Å². The maximum atomic E-state index is 12.6. The first-order chi connectivity index (χ1) is 9.04. The molecule has 1 amide bonds. The van der Waals surface area contributed by atoms with Gasteiger partial charge in [0.1, 0.15) is 5.82 Å². The van der Waals surface area contributed by atoms with Crippen LogP contribution in [-0.4, -0.2) is 47.6 Å². The van der Waals surface area contributed by atoms with Crippen LogP contribution in [0.2, 0.25) is 0 Å². The van der Waals surface area contributed by atoms with Crippen LogP contribution in [0.25, 0.3) is 0 Å². The minimum atomic E-state index is -0.267. The Morgan fingerprint density at radius 1 is 1.58 bits per heavy atom. The molecule has 2 heterocycles. The molecule has 2 rings (SSSR count). The maximum absolute atomic E-state index is 12.6. The molecule has 1 aliphatic rings. The zero-order valence-electron chi connectivity index (χ0n) is 11.8. The quantitative estimate of drug-likeness (QED) is 0.903. The predicted octanol–water partition coefficient (Wildman–Crippen LogP) is 1.76. The number of rotatable bonds is 3. The fourth-order valence-corrected chi connectivity index (χ4v) is 2.23. The smallest absolute Gasteiger partial charge is 0.254 e. The second-order valence-corrected chi connectivity index (χ2v) is 5.28. The molecule has 0 radical (unpaired) electrons. The summed E-state index contributed by atoms with van der Waals surface area (Å²) >= 11 is 0. The van der Waals surface area contributed by atoms with Crippen LogP contribution in [-0.2, 0) is 4.74 Å². The Morgan fingerprint density at radius 2 is 2.37 bits per heavy atom. The van der Waals surface area contributed by atoms with Crippen LogP contribution in [0, 0.1) is 0 Å². The van der Waals surface area contributed by atoms with E-state index in [4.69, 9.17) is 4.74 Å². The Kier molecular flexibility index (Phi) is 4.04. The largest absolute Gasteiger partial charge is 0.377 e. The number of anilines is 1. The van der Waals surface area contributed by atoms with Crippen molar-refractivity contribution in [1.29, 1.82) is 0 Å². The monoisotopic (exact) mass is 263 g/mol. The van der Waals surface area contributed by atoms with Crippen LogP contribution >= 0.6 is 0 Å². The molecule has 1 aromatic heterocycles. The zero-order chi connectivity index (χ0) is 13.9. The molecule has 1 aliphatic heterocycles. The van der Waals surface area contributed by atoms with Gasteiger partial charge in [-0.1, -0.05) is 0 Å². The van der Waals surface area contributed by atoms with Crippen LogP contribution in [0.5, 0.6) is 0 Å². The van der Waals surface area contributed by atoms with E-state index in [0.717, 1.165) is 12.4 Å². The van der Waals surface area contributed by atoms with E-state index in [1.54, 1.807) is 18.3 Å².